The summed E-state index contributed by atoms with van der Waals surface area (Å²) in [7, 11) is 0. The third kappa shape index (κ3) is 5.21. The number of hydrogen-bond donors (Lipinski definition) is 2. The smallest absolute Gasteiger partial charge is 0.417 e. The van der Waals surface area contributed by atoms with E-state index in [-0.39, 0.29) is 36.1 Å². The van der Waals surface area contributed by atoms with Crippen LogP contribution in [0.15, 0.2) is 41.0 Å². The Morgan fingerprint density at radius 2 is 2.04 bits per heavy atom. The third-order valence-corrected chi connectivity index (χ3v) is 3.32. The maximum Gasteiger partial charge on any atom is 0.417 e. The molecule has 1 heterocycles. The second-order valence-corrected chi connectivity index (χ2v) is 5.13. The summed E-state index contributed by atoms with van der Waals surface area (Å²) >= 11 is 5.53. The van der Waals surface area contributed by atoms with Gasteiger partial charge in [-0.3, -0.25) is 4.79 Å². The molecule has 0 radical (unpaired) electrons. The molecule has 0 fully saturated rings. The van der Waals surface area contributed by atoms with Crippen LogP contribution in [-0.4, -0.2) is 12.5 Å². The number of hydrogen-bond acceptors (Lipinski definition) is 3. The number of halogens is 4. The number of carbonyl (C=O) groups is 1. The van der Waals surface area contributed by atoms with Gasteiger partial charge in [0, 0.05) is 18.7 Å². The van der Waals surface area contributed by atoms with E-state index in [4.69, 9.17) is 16.0 Å². The average molecular weight is 347 g/mol. The molecule has 0 bridgehead atoms. The van der Waals surface area contributed by atoms with Crippen LogP contribution in [0.2, 0.25) is 5.02 Å². The standard InChI is InChI=1S/C15H14ClF3N2O2/c16-13-4-3-10(8-12(13)15(17,18)19)20-6-5-14(22)21-9-11-2-1-7-23-11/h1-4,7-8,20H,5-6,9H2,(H,21,22). The lowest BCUT2D eigenvalue weighted by molar-refractivity contribution is -0.137. The Morgan fingerprint density at radius 1 is 1.26 bits per heavy atom. The van der Waals surface area contributed by atoms with Gasteiger partial charge in [-0.05, 0) is 30.3 Å². The quantitative estimate of drug-likeness (QED) is 0.829. The van der Waals surface area contributed by atoms with Crippen molar-refractivity contribution in [1.82, 2.24) is 5.32 Å². The van der Waals surface area contributed by atoms with E-state index >= 15 is 0 Å². The van der Waals surface area contributed by atoms with Crippen molar-refractivity contribution in [3.05, 3.63) is 52.9 Å². The topological polar surface area (TPSA) is 54.3 Å². The van der Waals surface area contributed by atoms with Crippen LogP contribution in [-0.2, 0) is 17.5 Å². The van der Waals surface area contributed by atoms with Crippen molar-refractivity contribution in [2.24, 2.45) is 0 Å². The lowest BCUT2D eigenvalue weighted by atomic mass is 10.2. The van der Waals surface area contributed by atoms with Gasteiger partial charge in [0.2, 0.25) is 5.91 Å². The lowest BCUT2D eigenvalue weighted by Gasteiger charge is -2.12. The van der Waals surface area contributed by atoms with E-state index < -0.39 is 11.7 Å². The van der Waals surface area contributed by atoms with E-state index in [1.165, 1.54) is 18.4 Å². The molecule has 0 aliphatic heterocycles. The van der Waals surface area contributed by atoms with Gasteiger partial charge < -0.3 is 15.1 Å². The summed E-state index contributed by atoms with van der Waals surface area (Å²) in [5.74, 6) is 0.387. The largest absolute Gasteiger partial charge is 0.467 e. The van der Waals surface area contributed by atoms with Gasteiger partial charge in [0.25, 0.3) is 0 Å². The molecule has 0 spiro atoms. The SMILES string of the molecule is O=C(CCNc1ccc(Cl)c(C(F)(F)F)c1)NCc1ccco1. The first-order valence-corrected chi connectivity index (χ1v) is 7.14. The molecule has 23 heavy (non-hydrogen) atoms. The summed E-state index contributed by atoms with van der Waals surface area (Å²) in [5.41, 5.74) is -0.660. The summed E-state index contributed by atoms with van der Waals surface area (Å²) in [4.78, 5) is 11.6. The number of nitrogens with one attached hydrogen (secondary N) is 2. The van der Waals surface area contributed by atoms with Crippen LogP contribution >= 0.6 is 11.6 Å². The number of amides is 1. The van der Waals surface area contributed by atoms with E-state index in [1.54, 1.807) is 12.1 Å². The van der Waals surface area contributed by atoms with Crippen LogP contribution in [0, 0.1) is 0 Å². The highest BCUT2D eigenvalue weighted by Gasteiger charge is 2.33. The minimum Gasteiger partial charge on any atom is -0.467 e. The van der Waals surface area contributed by atoms with Crippen LogP contribution in [0.1, 0.15) is 17.7 Å². The molecule has 4 nitrogen and oxygen atoms in total. The van der Waals surface area contributed by atoms with E-state index in [1.807, 2.05) is 0 Å². The van der Waals surface area contributed by atoms with E-state index in [9.17, 15) is 18.0 Å². The molecular formula is C15H14ClF3N2O2. The van der Waals surface area contributed by atoms with Crippen LogP contribution in [0.4, 0.5) is 18.9 Å². The molecule has 0 aliphatic carbocycles. The molecule has 8 heteroatoms. The fraction of sp³-hybridized carbons (Fsp3) is 0.267. The normalized spacial score (nSPS) is 11.3. The van der Waals surface area contributed by atoms with E-state index in [0.717, 1.165) is 6.07 Å². The Labute approximate surface area is 135 Å². The summed E-state index contributed by atoms with van der Waals surface area (Å²) in [5, 5.41) is 5.05. The van der Waals surface area contributed by atoms with Gasteiger partial charge in [-0.25, -0.2) is 0 Å². The van der Waals surface area contributed by atoms with Crippen LogP contribution in [0.3, 0.4) is 0 Å². The van der Waals surface area contributed by atoms with Gasteiger partial charge in [0.15, 0.2) is 0 Å². The van der Waals surface area contributed by atoms with E-state index in [2.05, 4.69) is 10.6 Å². The Kier molecular flexibility index (Phi) is 5.54. The maximum atomic E-state index is 12.7. The summed E-state index contributed by atoms with van der Waals surface area (Å²) in [6.45, 7) is 0.466. The summed E-state index contributed by atoms with van der Waals surface area (Å²) in [6.07, 6.45) is -2.90. The predicted molar refractivity (Wildman–Crippen MR) is 80.1 cm³/mol. The van der Waals surface area contributed by atoms with E-state index in [0.29, 0.717) is 5.76 Å². The highest BCUT2D eigenvalue weighted by molar-refractivity contribution is 6.31. The first-order valence-electron chi connectivity index (χ1n) is 6.76. The van der Waals surface area contributed by atoms with Crippen molar-refractivity contribution < 1.29 is 22.4 Å². The fourth-order valence-electron chi connectivity index (χ4n) is 1.86. The number of rotatable bonds is 6. The monoisotopic (exact) mass is 346 g/mol. The summed E-state index contributed by atoms with van der Waals surface area (Å²) < 4.78 is 43.3. The van der Waals surface area contributed by atoms with Crippen LogP contribution in [0.25, 0.3) is 0 Å². The average Bonchev–Trinajstić information content (AvgIpc) is 2.99. The number of anilines is 1. The molecule has 1 amide bonds. The van der Waals surface area contributed by atoms with Crippen molar-refractivity contribution in [2.45, 2.75) is 19.1 Å². The van der Waals surface area contributed by atoms with Crippen molar-refractivity contribution in [3.8, 4) is 0 Å². The van der Waals surface area contributed by atoms with Gasteiger partial charge in [-0.15, -0.1) is 0 Å². The zero-order valence-corrected chi connectivity index (χ0v) is 12.7. The van der Waals surface area contributed by atoms with Gasteiger partial charge in [0.1, 0.15) is 5.76 Å². The molecule has 1 aromatic carbocycles. The van der Waals surface area contributed by atoms with Crippen LogP contribution < -0.4 is 10.6 Å². The molecule has 2 aromatic rings. The van der Waals surface area contributed by atoms with Crippen LogP contribution in [0.5, 0.6) is 0 Å². The Morgan fingerprint density at radius 3 is 2.70 bits per heavy atom. The molecule has 124 valence electrons. The number of alkyl halides is 3. The molecule has 1 aromatic heterocycles. The van der Waals surface area contributed by atoms with Crippen molar-refractivity contribution in [3.63, 3.8) is 0 Å². The molecule has 2 rings (SSSR count). The third-order valence-electron chi connectivity index (χ3n) is 2.99. The molecule has 0 aliphatic rings. The van der Waals surface area contributed by atoms with Gasteiger partial charge in [-0.2, -0.15) is 13.2 Å². The second-order valence-electron chi connectivity index (χ2n) is 4.73. The van der Waals surface area contributed by atoms with Crippen molar-refractivity contribution in [2.75, 3.05) is 11.9 Å². The zero-order chi connectivity index (χ0) is 16.9. The number of furan rings is 1. The molecule has 0 saturated heterocycles. The maximum absolute atomic E-state index is 12.7. The highest BCUT2D eigenvalue weighted by atomic mass is 35.5. The fourth-order valence-corrected chi connectivity index (χ4v) is 2.08. The van der Waals surface area contributed by atoms with Crippen molar-refractivity contribution >= 4 is 23.2 Å². The second kappa shape index (κ2) is 7.41. The van der Waals surface area contributed by atoms with Gasteiger partial charge in [-0.1, -0.05) is 11.6 Å². The Bertz CT molecular complexity index is 657. The zero-order valence-electron chi connectivity index (χ0n) is 11.9. The molecule has 0 unspecified atom stereocenters. The predicted octanol–water partition coefficient (Wildman–Crippen LogP) is 4.07. The molecule has 0 saturated carbocycles. The molecule has 2 N–H and O–H groups in total. The van der Waals surface area contributed by atoms with Gasteiger partial charge in [0.05, 0.1) is 23.4 Å². The molecule has 0 atom stereocenters. The minimum absolute atomic E-state index is 0.116. The summed E-state index contributed by atoms with van der Waals surface area (Å²) in [6, 6.07) is 6.96. The van der Waals surface area contributed by atoms with Gasteiger partial charge >= 0.3 is 6.18 Å². The number of carbonyl (C=O) groups excluding carboxylic acids is 1. The lowest BCUT2D eigenvalue weighted by Crippen LogP contribution is -2.24. The van der Waals surface area contributed by atoms with Crippen molar-refractivity contribution in [1.29, 1.82) is 0 Å². The Balaban J connectivity index is 1.81. The first-order chi connectivity index (χ1) is 10.9. The first kappa shape index (κ1) is 17.2. The highest BCUT2D eigenvalue weighted by Crippen LogP contribution is 2.36. The molecular weight excluding hydrogens is 333 g/mol. The Hall–Kier alpha value is -2.15. The number of benzene rings is 1. The minimum atomic E-state index is -4.52.